The predicted molar refractivity (Wildman–Crippen MR) is 63.6 cm³/mol. The second-order valence-corrected chi connectivity index (χ2v) is 6.30. The van der Waals surface area contributed by atoms with Crippen molar-refractivity contribution in [2.75, 3.05) is 13.2 Å². The number of rotatable bonds is 2. The second-order valence-electron chi connectivity index (χ2n) is 4.47. The lowest BCUT2D eigenvalue weighted by molar-refractivity contribution is 0.0708. The molecule has 2 heterocycles. The minimum Gasteiger partial charge on any atom is -0.376 e. The van der Waals surface area contributed by atoms with Crippen molar-refractivity contribution in [1.29, 1.82) is 0 Å². The van der Waals surface area contributed by atoms with Gasteiger partial charge in [0.25, 0.3) is 15.9 Å². The lowest BCUT2D eigenvalue weighted by atomic mass is 10.2. The number of carbonyl (C=O) groups is 1. The highest BCUT2D eigenvalue weighted by molar-refractivity contribution is 7.90. The van der Waals surface area contributed by atoms with Crippen molar-refractivity contribution < 1.29 is 17.9 Å². The highest BCUT2D eigenvalue weighted by Crippen LogP contribution is 2.31. The summed E-state index contributed by atoms with van der Waals surface area (Å²) in [5.41, 5.74) is 0.260. The molecule has 1 aromatic carbocycles. The first kappa shape index (κ1) is 11.7. The van der Waals surface area contributed by atoms with Gasteiger partial charge in [-0.15, -0.1) is 0 Å². The van der Waals surface area contributed by atoms with Crippen LogP contribution in [0, 0.1) is 0 Å². The number of hydrogen-bond donors (Lipinski definition) is 0. The molecule has 1 atom stereocenters. The summed E-state index contributed by atoms with van der Waals surface area (Å²) in [6.07, 6.45) is 1.55. The molecule has 96 valence electrons. The topological polar surface area (TPSA) is 63.7 Å². The number of carbonyl (C=O) groups excluding carboxylic acids is 1. The fourth-order valence-corrected chi connectivity index (χ4v) is 3.99. The molecule has 5 nitrogen and oxygen atoms in total. The van der Waals surface area contributed by atoms with Crippen LogP contribution in [0.1, 0.15) is 23.2 Å². The van der Waals surface area contributed by atoms with Crippen molar-refractivity contribution in [1.82, 2.24) is 4.31 Å². The van der Waals surface area contributed by atoms with Gasteiger partial charge in [-0.05, 0) is 25.0 Å². The van der Waals surface area contributed by atoms with E-state index in [0.717, 1.165) is 17.1 Å². The van der Waals surface area contributed by atoms with Gasteiger partial charge in [-0.3, -0.25) is 4.79 Å². The molecule has 0 radical (unpaired) electrons. The van der Waals surface area contributed by atoms with Crippen molar-refractivity contribution in [2.45, 2.75) is 23.8 Å². The van der Waals surface area contributed by atoms with Gasteiger partial charge in [0.15, 0.2) is 0 Å². The minimum absolute atomic E-state index is 0.105. The number of nitrogens with zero attached hydrogens (tertiary/aromatic N) is 1. The highest BCUT2D eigenvalue weighted by atomic mass is 32.2. The third kappa shape index (κ3) is 1.64. The quantitative estimate of drug-likeness (QED) is 0.802. The zero-order valence-corrected chi connectivity index (χ0v) is 10.5. The van der Waals surface area contributed by atoms with Gasteiger partial charge in [0.05, 0.1) is 18.2 Å². The van der Waals surface area contributed by atoms with E-state index in [-0.39, 0.29) is 23.1 Å². The molecule has 0 bridgehead atoms. The largest absolute Gasteiger partial charge is 0.376 e. The Bertz CT molecular complexity index is 590. The van der Waals surface area contributed by atoms with Crippen molar-refractivity contribution >= 4 is 15.9 Å². The summed E-state index contributed by atoms with van der Waals surface area (Å²) in [5.74, 6) is -0.443. The Balaban J connectivity index is 1.96. The fourth-order valence-electron chi connectivity index (χ4n) is 2.38. The summed E-state index contributed by atoms with van der Waals surface area (Å²) in [4.78, 5) is 12.2. The van der Waals surface area contributed by atoms with Crippen molar-refractivity contribution in [3.05, 3.63) is 29.8 Å². The molecule has 3 rings (SSSR count). The lowest BCUT2D eigenvalue weighted by Crippen LogP contribution is -2.36. The summed E-state index contributed by atoms with van der Waals surface area (Å²) >= 11 is 0. The van der Waals surface area contributed by atoms with E-state index in [1.165, 1.54) is 6.07 Å². The molecule has 0 aromatic heterocycles. The maximum Gasteiger partial charge on any atom is 0.269 e. The van der Waals surface area contributed by atoms with Crippen LogP contribution in [0.3, 0.4) is 0 Å². The second kappa shape index (κ2) is 4.07. The fraction of sp³-hybridized carbons (Fsp3) is 0.417. The van der Waals surface area contributed by atoms with E-state index in [1.807, 2.05) is 0 Å². The maximum atomic E-state index is 12.2. The molecule has 0 aliphatic carbocycles. The maximum absolute atomic E-state index is 12.2. The highest BCUT2D eigenvalue weighted by Gasteiger charge is 2.42. The first-order valence-electron chi connectivity index (χ1n) is 5.88. The van der Waals surface area contributed by atoms with Gasteiger partial charge in [-0.1, -0.05) is 12.1 Å². The minimum atomic E-state index is -3.68. The standard InChI is InChI=1S/C12H13NO4S/c14-12-10-5-1-2-6-11(10)18(15,16)13(12)8-9-4-3-7-17-9/h1-2,5-6,9H,3-4,7-8H2/t9-/m1/s1. The number of hydrogen-bond acceptors (Lipinski definition) is 4. The van der Waals surface area contributed by atoms with Gasteiger partial charge in [-0.2, -0.15) is 0 Å². The summed E-state index contributed by atoms with van der Waals surface area (Å²) in [5, 5.41) is 0. The molecule has 2 aliphatic heterocycles. The van der Waals surface area contributed by atoms with E-state index < -0.39 is 15.9 Å². The van der Waals surface area contributed by atoms with Gasteiger partial charge < -0.3 is 4.74 Å². The summed E-state index contributed by atoms with van der Waals surface area (Å²) in [6, 6.07) is 6.31. The van der Waals surface area contributed by atoms with Crippen LogP contribution in [0.2, 0.25) is 0 Å². The molecule has 0 N–H and O–H groups in total. The van der Waals surface area contributed by atoms with E-state index in [4.69, 9.17) is 4.74 Å². The Kier molecular flexibility index (Phi) is 2.64. The Morgan fingerprint density at radius 1 is 1.33 bits per heavy atom. The monoisotopic (exact) mass is 267 g/mol. The van der Waals surface area contributed by atoms with Crippen LogP contribution in [-0.4, -0.2) is 37.9 Å². The van der Waals surface area contributed by atoms with Crippen LogP contribution in [0.15, 0.2) is 29.2 Å². The van der Waals surface area contributed by atoms with Gasteiger partial charge in [0.2, 0.25) is 0 Å². The van der Waals surface area contributed by atoms with Gasteiger partial charge >= 0.3 is 0 Å². The van der Waals surface area contributed by atoms with Crippen LogP contribution < -0.4 is 0 Å². The molecule has 2 aliphatic rings. The molecule has 1 saturated heterocycles. The zero-order chi connectivity index (χ0) is 12.8. The summed E-state index contributed by atoms with van der Waals surface area (Å²) in [7, 11) is -3.68. The Morgan fingerprint density at radius 3 is 2.78 bits per heavy atom. The third-order valence-electron chi connectivity index (χ3n) is 3.31. The molecule has 18 heavy (non-hydrogen) atoms. The normalized spacial score (nSPS) is 25.4. The molecule has 0 unspecified atom stereocenters. The average molecular weight is 267 g/mol. The van der Waals surface area contributed by atoms with Crippen LogP contribution in [0.5, 0.6) is 0 Å². The molecular formula is C12H13NO4S. The number of amides is 1. The van der Waals surface area contributed by atoms with E-state index in [0.29, 0.717) is 6.61 Å². The first-order chi connectivity index (χ1) is 8.60. The zero-order valence-electron chi connectivity index (χ0n) is 9.70. The third-order valence-corrected chi connectivity index (χ3v) is 5.11. The number of fused-ring (bicyclic) bond motifs is 1. The molecule has 6 heteroatoms. The molecular weight excluding hydrogens is 254 g/mol. The van der Waals surface area contributed by atoms with Crippen molar-refractivity contribution in [3.8, 4) is 0 Å². The van der Waals surface area contributed by atoms with Crippen LogP contribution in [-0.2, 0) is 14.8 Å². The number of sulfonamides is 1. The Hall–Kier alpha value is -1.40. The van der Waals surface area contributed by atoms with E-state index in [1.54, 1.807) is 18.2 Å². The molecule has 1 fully saturated rings. The Morgan fingerprint density at radius 2 is 2.11 bits per heavy atom. The number of benzene rings is 1. The van der Waals surface area contributed by atoms with E-state index in [9.17, 15) is 13.2 Å². The van der Waals surface area contributed by atoms with Gasteiger partial charge in [-0.25, -0.2) is 12.7 Å². The molecule has 0 saturated carbocycles. The molecule has 1 aromatic rings. The van der Waals surface area contributed by atoms with Gasteiger partial charge in [0.1, 0.15) is 4.90 Å². The SMILES string of the molecule is O=C1c2ccccc2S(=O)(=O)N1C[C@H]1CCCO1. The van der Waals surface area contributed by atoms with E-state index in [2.05, 4.69) is 0 Å². The summed E-state index contributed by atoms with van der Waals surface area (Å²) < 4.78 is 30.8. The van der Waals surface area contributed by atoms with Crippen LogP contribution in [0.25, 0.3) is 0 Å². The average Bonchev–Trinajstić information content (AvgIpc) is 2.93. The van der Waals surface area contributed by atoms with Crippen molar-refractivity contribution in [2.24, 2.45) is 0 Å². The van der Waals surface area contributed by atoms with Crippen LogP contribution in [0.4, 0.5) is 0 Å². The van der Waals surface area contributed by atoms with E-state index >= 15 is 0 Å². The Labute approximate surface area is 105 Å². The lowest BCUT2D eigenvalue weighted by Gasteiger charge is -2.18. The smallest absolute Gasteiger partial charge is 0.269 e. The first-order valence-corrected chi connectivity index (χ1v) is 7.32. The van der Waals surface area contributed by atoms with Gasteiger partial charge in [0, 0.05) is 6.61 Å². The molecule has 0 spiro atoms. The van der Waals surface area contributed by atoms with Crippen LogP contribution >= 0.6 is 0 Å². The predicted octanol–water partition coefficient (Wildman–Crippen LogP) is 1.01. The summed E-state index contributed by atoms with van der Waals surface area (Å²) in [6.45, 7) is 0.759. The van der Waals surface area contributed by atoms with Crippen molar-refractivity contribution in [3.63, 3.8) is 0 Å². The number of ether oxygens (including phenoxy) is 1. The molecule has 1 amide bonds.